The maximum Gasteiger partial charge on any atom is 0.153 e. The maximum atomic E-state index is 12.1. The Balaban J connectivity index is 1.46. The SMILES string of the molecule is CN(C=Nc1c(C=O)cc(Cc2ccc(-n3cccn3)nc2)c2ncccc12)C1CCCCC1. The lowest BCUT2D eigenvalue weighted by molar-refractivity contribution is 0.112. The third kappa shape index (κ3) is 4.59. The molecule has 3 heterocycles. The lowest BCUT2D eigenvalue weighted by Crippen LogP contribution is -2.32. The largest absolute Gasteiger partial charge is 0.363 e. The molecule has 0 N–H and O–H groups in total. The zero-order valence-electron chi connectivity index (χ0n) is 19.3. The lowest BCUT2D eigenvalue weighted by Gasteiger charge is -2.29. The van der Waals surface area contributed by atoms with E-state index in [4.69, 9.17) is 4.99 Å². The molecule has 0 aliphatic heterocycles. The fraction of sp³-hybridized carbons (Fsp3) is 0.296. The van der Waals surface area contributed by atoms with E-state index < -0.39 is 0 Å². The van der Waals surface area contributed by atoms with Gasteiger partial charge in [-0.1, -0.05) is 25.3 Å². The standard InChI is InChI=1S/C27H28N6O/c1-32(23-7-3-2-4-8-23)19-30-27-22(18-34)16-21(26-24(27)9-5-12-28-26)15-20-10-11-25(29-17-20)33-14-6-13-31-33/h5-6,9-14,16-19,23H,2-4,7-8,15H2,1H3. The summed E-state index contributed by atoms with van der Waals surface area (Å²) in [5.74, 6) is 0.761. The van der Waals surface area contributed by atoms with Crippen LogP contribution in [0, 0.1) is 0 Å². The Morgan fingerprint density at radius 1 is 1.12 bits per heavy atom. The Morgan fingerprint density at radius 3 is 2.74 bits per heavy atom. The van der Waals surface area contributed by atoms with Crippen molar-refractivity contribution in [2.75, 3.05) is 7.05 Å². The van der Waals surface area contributed by atoms with Crippen molar-refractivity contribution in [1.82, 2.24) is 24.6 Å². The van der Waals surface area contributed by atoms with Crippen LogP contribution >= 0.6 is 0 Å². The zero-order chi connectivity index (χ0) is 23.3. The van der Waals surface area contributed by atoms with Crippen LogP contribution in [0.5, 0.6) is 0 Å². The van der Waals surface area contributed by atoms with Crippen LogP contribution in [0.15, 0.2) is 66.2 Å². The highest BCUT2D eigenvalue weighted by molar-refractivity contribution is 6.02. The summed E-state index contributed by atoms with van der Waals surface area (Å²) in [5, 5.41) is 5.11. The molecule has 1 aliphatic carbocycles. The normalized spacial score (nSPS) is 14.6. The second-order valence-electron chi connectivity index (χ2n) is 8.84. The minimum atomic E-state index is 0.512. The number of carbonyl (C=O) groups is 1. The minimum absolute atomic E-state index is 0.512. The smallest absolute Gasteiger partial charge is 0.153 e. The molecule has 0 radical (unpaired) electrons. The van der Waals surface area contributed by atoms with Gasteiger partial charge in [0, 0.05) is 55.2 Å². The highest BCUT2D eigenvalue weighted by Crippen LogP contribution is 2.32. The summed E-state index contributed by atoms with van der Waals surface area (Å²) in [6.45, 7) is 0. The molecule has 0 atom stereocenters. The summed E-state index contributed by atoms with van der Waals surface area (Å²) in [6.07, 6.45) is 16.8. The molecule has 4 aromatic rings. The molecule has 0 saturated heterocycles. The molecule has 1 aliphatic rings. The van der Waals surface area contributed by atoms with Crippen molar-refractivity contribution in [3.05, 3.63) is 77.9 Å². The molecule has 0 bridgehead atoms. The van der Waals surface area contributed by atoms with E-state index in [1.165, 1.54) is 32.1 Å². The van der Waals surface area contributed by atoms with Gasteiger partial charge in [-0.05, 0) is 54.3 Å². The van der Waals surface area contributed by atoms with Gasteiger partial charge in [0.2, 0.25) is 0 Å². The number of rotatable bonds is 7. The summed E-state index contributed by atoms with van der Waals surface area (Å²) in [4.78, 5) is 28.2. The van der Waals surface area contributed by atoms with Gasteiger partial charge in [-0.25, -0.2) is 14.7 Å². The second kappa shape index (κ2) is 9.95. The molecule has 7 heteroatoms. The van der Waals surface area contributed by atoms with E-state index >= 15 is 0 Å². The topological polar surface area (TPSA) is 76.3 Å². The highest BCUT2D eigenvalue weighted by Gasteiger charge is 2.17. The van der Waals surface area contributed by atoms with E-state index in [9.17, 15) is 4.79 Å². The fourth-order valence-corrected chi connectivity index (χ4v) is 4.71. The van der Waals surface area contributed by atoms with E-state index in [1.807, 2.05) is 55.1 Å². The molecule has 34 heavy (non-hydrogen) atoms. The van der Waals surface area contributed by atoms with Gasteiger partial charge in [-0.3, -0.25) is 9.78 Å². The van der Waals surface area contributed by atoms with Crippen LogP contribution < -0.4 is 0 Å². The third-order valence-corrected chi connectivity index (χ3v) is 6.56. The molecule has 5 rings (SSSR count). The Kier molecular flexibility index (Phi) is 6.42. The van der Waals surface area contributed by atoms with Crippen molar-refractivity contribution >= 4 is 29.2 Å². The van der Waals surface area contributed by atoms with Crippen LogP contribution in [0.1, 0.15) is 53.6 Å². The second-order valence-corrected chi connectivity index (χ2v) is 8.84. The van der Waals surface area contributed by atoms with Crippen molar-refractivity contribution in [2.24, 2.45) is 4.99 Å². The van der Waals surface area contributed by atoms with E-state index in [2.05, 4.69) is 27.0 Å². The summed E-state index contributed by atoms with van der Waals surface area (Å²) < 4.78 is 1.72. The molecule has 3 aromatic heterocycles. The first-order valence-corrected chi connectivity index (χ1v) is 11.8. The highest BCUT2D eigenvalue weighted by atomic mass is 16.1. The van der Waals surface area contributed by atoms with Gasteiger partial charge in [-0.15, -0.1) is 0 Å². The number of aromatic nitrogens is 4. The number of aldehydes is 1. The van der Waals surface area contributed by atoms with E-state index in [0.717, 1.165) is 34.1 Å². The molecule has 1 saturated carbocycles. The van der Waals surface area contributed by atoms with Crippen LogP contribution in [0.2, 0.25) is 0 Å². The van der Waals surface area contributed by atoms with Crippen LogP contribution in [0.25, 0.3) is 16.7 Å². The van der Waals surface area contributed by atoms with Crippen molar-refractivity contribution in [3.63, 3.8) is 0 Å². The Morgan fingerprint density at radius 2 is 2.00 bits per heavy atom. The number of hydrogen-bond donors (Lipinski definition) is 0. The summed E-state index contributed by atoms with van der Waals surface area (Å²) >= 11 is 0. The van der Waals surface area contributed by atoms with Crippen molar-refractivity contribution < 1.29 is 4.79 Å². The number of hydrogen-bond acceptors (Lipinski definition) is 5. The van der Waals surface area contributed by atoms with E-state index in [1.54, 1.807) is 17.1 Å². The average Bonchev–Trinajstić information content (AvgIpc) is 3.44. The summed E-state index contributed by atoms with van der Waals surface area (Å²) in [5.41, 5.74) is 4.12. The molecular formula is C27H28N6O. The molecule has 172 valence electrons. The first-order valence-electron chi connectivity index (χ1n) is 11.8. The van der Waals surface area contributed by atoms with Gasteiger partial charge < -0.3 is 4.90 Å². The molecular weight excluding hydrogens is 424 g/mol. The number of fused-ring (bicyclic) bond motifs is 1. The Bertz CT molecular complexity index is 1290. The van der Waals surface area contributed by atoms with Gasteiger partial charge >= 0.3 is 0 Å². The monoisotopic (exact) mass is 452 g/mol. The van der Waals surface area contributed by atoms with Crippen LogP contribution in [-0.2, 0) is 6.42 Å². The Labute approximate surface area is 199 Å². The van der Waals surface area contributed by atoms with Crippen molar-refractivity contribution in [1.29, 1.82) is 0 Å². The van der Waals surface area contributed by atoms with Crippen LogP contribution in [-0.4, -0.2) is 50.4 Å². The molecule has 0 amide bonds. The number of nitrogens with zero attached hydrogens (tertiary/aromatic N) is 6. The number of carbonyl (C=O) groups excluding carboxylic acids is 1. The first kappa shape index (κ1) is 21.9. The number of benzene rings is 1. The molecule has 0 spiro atoms. The van der Waals surface area contributed by atoms with Gasteiger partial charge in [-0.2, -0.15) is 5.10 Å². The first-order chi connectivity index (χ1) is 16.7. The van der Waals surface area contributed by atoms with Crippen molar-refractivity contribution in [2.45, 2.75) is 44.6 Å². The number of aliphatic imine (C=N–C) groups is 1. The van der Waals surface area contributed by atoms with Gasteiger partial charge in [0.15, 0.2) is 12.1 Å². The summed E-state index contributed by atoms with van der Waals surface area (Å²) in [6, 6.07) is 12.2. The molecule has 1 fully saturated rings. The third-order valence-electron chi connectivity index (χ3n) is 6.56. The minimum Gasteiger partial charge on any atom is -0.363 e. The average molecular weight is 453 g/mol. The lowest BCUT2D eigenvalue weighted by atomic mass is 9.95. The van der Waals surface area contributed by atoms with Crippen LogP contribution in [0.4, 0.5) is 5.69 Å². The van der Waals surface area contributed by atoms with Gasteiger partial charge in [0.1, 0.15) is 0 Å². The zero-order valence-corrected chi connectivity index (χ0v) is 19.3. The number of pyridine rings is 2. The van der Waals surface area contributed by atoms with Gasteiger partial charge in [0.25, 0.3) is 0 Å². The molecule has 1 aromatic carbocycles. The fourth-order valence-electron chi connectivity index (χ4n) is 4.71. The van der Waals surface area contributed by atoms with E-state index in [0.29, 0.717) is 23.7 Å². The Hall–Kier alpha value is -3.87. The van der Waals surface area contributed by atoms with Gasteiger partial charge in [0.05, 0.1) is 17.5 Å². The predicted molar refractivity (Wildman–Crippen MR) is 134 cm³/mol. The molecule has 7 nitrogen and oxygen atoms in total. The van der Waals surface area contributed by atoms with Crippen molar-refractivity contribution in [3.8, 4) is 5.82 Å². The predicted octanol–water partition coefficient (Wildman–Crippen LogP) is 5.14. The quantitative estimate of drug-likeness (QED) is 0.220. The summed E-state index contributed by atoms with van der Waals surface area (Å²) in [7, 11) is 2.08. The van der Waals surface area contributed by atoms with E-state index in [-0.39, 0.29) is 0 Å². The maximum absolute atomic E-state index is 12.1. The molecule has 0 unspecified atom stereocenters. The van der Waals surface area contributed by atoms with Crippen LogP contribution in [0.3, 0.4) is 0 Å².